The summed E-state index contributed by atoms with van der Waals surface area (Å²) in [6.07, 6.45) is 2.39. The van der Waals surface area contributed by atoms with E-state index >= 15 is 0 Å². The lowest BCUT2D eigenvalue weighted by Crippen LogP contribution is -2.49. The zero-order chi connectivity index (χ0) is 14.9. The van der Waals surface area contributed by atoms with Gasteiger partial charge in [0.25, 0.3) is 10.0 Å². The van der Waals surface area contributed by atoms with Crippen molar-refractivity contribution in [2.45, 2.75) is 38.3 Å². The van der Waals surface area contributed by atoms with Crippen LogP contribution in [0.1, 0.15) is 25.8 Å². The van der Waals surface area contributed by atoms with Gasteiger partial charge in [0.2, 0.25) is 0 Å². The van der Waals surface area contributed by atoms with Crippen molar-refractivity contribution < 1.29 is 13.2 Å². The molecule has 6 nitrogen and oxygen atoms in total. The van der Waals surface area contributed by atoms with Gasteiger partial charge in [0.15, 0.2) is 5.03 Å². The fourth-order valence-electron chi connectivity index (χ4n) is 2.70. The number of rotatable bonds is 4. The third-order valence-corrected chi connectivity index (χ3v) is 5.70. The number of hydrogen-bond donors (Lipinski definition) is 0. The number of aromatic nitrogens is 2. The summed E-state index contributed by atoms with van der Waals surface area (Å²) in [6, 6.07) is -0.0944. The molecule has 2 heterocycles. The molecule has 0 aliphatic carbocycles. The molecule has 1 aliphatic heterocycles. The third kappa shape index (κ3) is 2.89. The van der Waals surface area contributed by atoms with E-state index in [4.69, 9.17) is 4.74 Å². The van der Waals surface area contributed by atoms with Gasteiger partial charge in [-0.1, -0.05) is 13.8 Å². The molecule has 1 saturated heterocycles. The van der Waals surface area contributed by atoms with E-state index in [1.54, 1.807) is 24.5 Å². The van der Waals surface area contributed by atoms with Crippen molar-refractivity contribution in [2.75, 3.05) is 19.8 Å². The van der Waals surface area contributed by atoms with Gasteiger partial charge in [-0.25, -0.2) is 8.42 Å². The fraction of sp³-hybridized carbons (Fsp3) is 0.769. The minimum Gasteiger partial charge on any atom is -0.378 e. The van der Waals surface area contributed by atoms with Gasteiger partial charge in [-0.05, 0) is 19.3 Å². The average molecular weight is 301 g/mol. The zero-order valence-electron chi connectivity index (χ0n) is 12.5. The molecule has 2 rings (SSSR count). The molecule has 1 aliphatic rings. The van der Waals surface area contributed by atoms with Gasteiger partial charge in [0.1, 0.15) is 0 Å². The van der Waals surface area contributed by atoms with Gasteiger partial charge in [0.05, 0.1) is 19.4 Å². The predicted molar refractivity (Wildman–Crippen MR) is 75.9 cm³/mol. The smallest absolute Gasteiger partial charge is 0.260 e. The Hall–Kier alpha value is -0.920. The van der Waals surface area contributed by atoms with Crippen LogP contribution in [-0.4, -0.2) is 48.3 Å². The fourth-order valence-corrected chi connectivity index (χ4v) is 4.62. The standard InChI is InChI=1S/C13H23N3O3S/c1-10(2)7-12-9-19-6-5-16(12)20(17,18)13-11(3)8-14-15(13)4/h8,10,12H,5-7,9H2,1-4H3. The first-order valence-corrected chi connectivity index (χ1v) is 8.36. The highest BCUT2D eigenvalue weighted by atomic mass is 32.2. The van der Waals surface area contributed by atoms with E-state index in [1.165, 1.54) is 4.68 Å². The maximum absolute atomic E-state index is 12.9. The Balaban J connectivity index is 2.36. The van der Waals surface area contributed by atoms with E-state index in [1.807, 2.05) is 0 Å². The van der Waals surface area contributed by atoms with Gasteiger partial charge < -0.3 is 4.74 Å². The second kappa shape index (κ2) is 5.83. The van der Waals surface area contributed by atoms with E-state index in [-0.39, 0.29) is 11.1 Å². The normalized spacial score (nSPS) is 21.6. The topological polar surface area (TPSA) is 64.4 Å². The zero-order valence-corrected chi connectivity index (χ0v) is 13.4. The van der Waals surface area contributed by atoms with Crippen LogP contribution in [0.3, 0.4) is 0 Å². The maximum Gasteiger partial charge on any atom is 0.260 e. The van der Waals surface area contributed by atoms with Crippen molar-refractivity contribution in [3.63, 3.8) is 0 Å². The maximum atomic E-state index is 12.9. The third-order valence-electron chi connectivity index (χ3n) is 3.53. The van der Waals surface area contributed by atoms with Crippen LogP contribution in [0.25, 0.3) is 0 Å². The lowest BCUT2D eigenvalue weighted by atomic mass is 10.0. The molecule has 0 bridgehead atoms. The quantitative estimate of drug-likeness (QED) is 0.837. The average Bonchev–Trinajstić information content (AvgIpc) is 2.69. The molecule has 0 saturated carbocycles. The number of aryl methyl sites for hydroxylation is 2. The van der Waals surface area contributed by atoms with Crippen molar-refractivity contribution in [3.8, 4) is 0 Å². The molecule has 1 fully saturated rings. The summed E-state index contributed by atoms with van der Waals surface area (Å²) in [6.45, 7) is 7.28. The summed E-state index contributed by atoms with van der Waals surface area (Å²) in [4.78, 5) is 0. The molecule has 1 aromatic heterocycles. The van der Waals surface area contributed by atoms with Crippen LogP contribution in [0.5, 0.6) is 0 Å². The Morgan fingerprint density at radius 2 is 2.20 bits per heavy atom. The van der Waals surface area contributed by atoms with Crippen molar-refractivity contribution in [1.29, 1.82) is 0 Å². The van der Waals surface area contributed by atoms with Crippen molar-refractivity contribution >= 4 is 10.0 Å². The summed E-state index contributed by atoms with van der Waals surface area (Å²) < 4.78 is 34.3. The number of hydrogen-bond acceptors (Lipinski definition) is 4. The van der Waals surface area contributed by atoms with Gasteiger partial charge >= 0.3 is 0 Å². The SMILES string of the molecule is Cc1cnn(C)c1S(=O)(=O)N1CCOCC1CC(C)C. The Morgan fingerprint density at radius 3 is 2.75 bits per heavy atom. The predicted octanol–water partition coefficient (Wildman–Crippen LogP) is 1.16. The molecule has 0 amide bonds. The van der Waals surface area contributed by atoms with Crippen LogP contribution in [0.2, 0.25) is 0 Å². The molecule has 20 heavy (non-hydrogen) atoms. The Bertz CT molecular complexity index is 546. The first kappa shape index (κ1) is 15.5. The molecule has 0 radical (unpaired) electrons. The van der Waals surface area contributed by atoms with Gasteiger partial charge in [-0.3, -0.25) is 4.68 Å². The molecule has 1 atom stereocenters. The Labute approximate surface area is 120 Å². The van der Waals surface area contributed by atoms with Crippen molar-refractivity contribution in [1.82, 2.24) is 14.1 Å². The Morgan fingerprint density at radius 1 is 1.50 bits per heavy atom. The highest BCUT2D eigenvalue weighted by Gasteiger charge is 2.36. The summed E-state index contributed by atoms with van der Waals surface area (Å²) in [5.74, 6) is 0.423. The van der Waals surface area contributed by atoms with Crippen LogP contribution in [0, 0.1) is 12.8 Å². The second-order valence-electron chi connectivity index (χ2n) is 5.73. The number of morpholine rings is 1. The number of sulfonamides is 1. The first-order valence-electron chi connectivity index (χ1n) is 6.92. The second-order valence-corrected chi connectivity index (χ2v) is 7.54. The number of nitrogens with zero attached hydrogens (tertiary/aromatic N) is 3. The summed E-state index contributed by atoms with van der Waals surface area (Å²) in [5, 5.41) is 4.33. The monoisotopic (exact) mass is 301 g/mol. The number of ether oxygens (including phenoxy) is 1. The minimum absolute atomic E-state index is 0.0944. The van der Waals surface area contributed by atoms with Gasteiger partial charge in [0, 0.05) is 25.2 Å². The lowest BCUT2D eigenvalue weighted by Gasteiger charge is -2.35. The molecular formula is C13H23N3O3S. The van der Waals surface area contributed by atoms with Gasteiger partial charge in [-0.15, -0.1) is 0 Å². The molecule has 0 aromatic carbocycles. The van der Waals surface area contributed by atoms with E-state index < -0.39 is 10.0 Å². The highest BCUT2D eigenvalue weighted by molar-refractivity contribution is 7.89. The molecule has 0 spiro atoms. The largest absolute Gasteiger partial charge is 0.378 e. The molecule has 7 heteroatoms. The minimum atomic E-state index is -3.52. The van der Waals surface area contributed by atoms with E-state index in [9.17, 15) is 8.42 Å². The first-order chi connectivity index (χ1) is 9.34. The summed E-state index contributed by atoms with van der Waals surface area (Å²) in [5.41, 5.74) is 0.683. The van der Waals surface area contributed by atoms with Crippen LogP contribution in [0.15, 0.2) is 11.2 Å². The van der Waals surface area contributed by atoms with Crippen LogP contribution < -0.4 is 0 Å². The van der Waals surface area contributed by atoms with Crippen molar-refractivity contribution in [2.24, 2.45) is 13.0 Å². The van der Waals surface area contributed by atoms with Crippen LogP contribution in [0.4, 0.5) is 0 Å². The van der Waals surface area contributed by atoms with Crippen LogP contribution in [-0.2, 0) is 21.8 Å². The molecule has 1 aromatic rings. The summed E-state index contributed by atoms with van der Waals surface area (Å²) >= 11 is 0. The van der Waals surface area contributed by atoms with E-state index in [0.29, 0.717) is 31.2 Å². The summed E-state index contributed by atoms with van der Waals surface area (Å²) in [7, 11) is -1.86. The van der Waals surface area contributed by atoms with Crippen molar-refractivity contribution in [3.05, 3.63) is 11.8 Å². The molecular weight excluding hydrogens is 278 g/mol. The molecule has 1 unspecified atom stereocenters. The van der Waals surface area contributed by atoms with E-state index in [2.05, 4.69) is 18.9 Å². The lowest BCUT2D eigenvalue weighted by molar-refractivity contribution is 0.0251. The van der Waals surface area contributed by atoms with E-state index in [0.717, 1.165) is 6.42 Å². The van der Waals surface area contributed by atoms with Crippen LogP contribution >= 0.6 is 0 Å². The Kier molecular flexibility index (Phi) is 4.51. The highest BCUT2D eigenvalue weighted by Crippen LogP contribution is 2.25. The van der Waals surface area contributed by atoms with Gasteiger partial charge in [-0.2, -0.15) is 9.40 Å². The molecule has 114 valence electrons. The molecule has 0 N–H and O–H groups in total.